The van der Waals surface area contributed by atoms with E-state index in [2.05, 4.69) is 0 Å². The predicted octanol–water partition coefficient (Wildman–Crippen LogP) is 3.69. The summed E-state index contributed by atoms with van der Waals surface area (Å²) in [5.41, 5.74) is 2.55. The lowest BCUT2D eigenvalue weighted by molar-refractivity contribution is 0.103. The molecule has 1 aliphatic rings. The number of ketones is 1. The van der Waals surface area contributed by atoms with Gasteiger partial charge in [-0.1, -0.05) is 12.1 Å². The first-order chi connectivity index (χ1) is 9.65. The monoisotopic (exact) mass is 270 g/mol. The molecule has 20 heavy (non-hydrogen) atoms. The van der Waals surface area contributed by atoms with E-state index in [0.29, 0.717) is 16.7 Å². The van der Waals surface area contributed by atoms with Gasteiger partial charge in [0.1, 0.15) is 11.6 Å². The van der Waals surface area contributed by atoms with Gasteiger partial charge in [0.15, 0.2) is 5.78 Å². The highest BCUT2D eigenvalue weighted by Gasteiger charge is 2.15. The van der Waals surface area contributed by atoms with Crippen molar-refractivity contribution in [2.45, 2.75) is 19.8 Å². The second-order valence-electron chi connectivity index (χ2n) is 5.07. The fourth-order valence-electron chi connectivity index (χ4n) is 2.40. The smallest absolute Gasteiger partial charge is 0.193 e. The second-order valence-corrected chi connectivity index (χ2v) is 5.07. The maximum atomic E-state index is 13.6. The Balaban J connectivity index is 1.95. The zero-order chi connectivity index (χ0) is 14.1. The number of hydrogen-bond donors (Lipinski definition) is 0. The van der Waals surface area contributed by atoms with Crippen LogP contribution in [0.2, 0.25) is 0 Å². The van der Waals surface area contributed by atoms with Crippen LogP contribution in [0.25, 0.3) is 0 Å². The van der Waals surface area contributed by atoms with Crippen molar-refractivity contribution in [2.24, 2.45) is 0 Å². The Bertz CT molecular complexity index is 677. The molecule has 2 aromatic rings. The molecular formula is C17H15FO2. The van der Waals surface area contributed by atoms with Gasteiger partial charge in [0, 0.05) is 11.1 Å². The van der Waals surface area contributed by atoms with Gasteiger partial charge in [-0.25, -0.2) is 4.39 Å². The molecule has 3 heteroatoms. The molecular weight excluding hydrogens is 255 g/mol. The van der Waals surface area contributed by atoms with Crippen molar-refractivity contribution in [1.29, 1.82) is 0 Å². The summed E-state index contributed by atoms with van der Waals surface area (Å²) in [5, 5.41) is 0. The minimum Gasteiger partial charge on any atom is -0.493 e. The molecule has 3 rings (SSSR count). The van der Waals surface area contributed by atoms with Gasteiger partial charge in [0.25, 0.3) is 0 Å². The Kier molecular flexibility index (Phi) is 3.26. The summed E-state index contributed by atoms with van der Waals surface area (Å²) in [6, 6.07) is 10.0. The van der Waals surface area contributed by atoms with Crippen molar-refractivity contribution < 1.29 is 13.9 Å². The summed E-state index contributed by atoms with van der Waals surface area (Å²) in [4.78, 5) is 12.4. The zero-order valence-corrected chi connectivity index (χ0v) is 11.3. The number of halogens is 1. The van der Waals surface area contributed by atoms with Gasteiger partial charge in [-0.05, 0) is 55.2 Å². The number of ether oxygens (including phenoxy) is 1. The van der Waals surface area contributed by atoms with Gasteiger partial charge < -0.3 is 4.74 Å². The normalized spacial score (nSPS) is 13.5. The van der Waals surface area contributed by atoms with Crippen LogP contribution in [0.3, 0.4) is 0 Å². The topological polar surface area (TPSA) is 26.3 Å². The molecule has 1 heterocycles. The molecule has 2 nitrogen and oxygen atoms in total. The third kappa shape index (κ3) is 2.31. The van der Waals surface area contributed by atoms with Crippen LogP contribution in [0.5, 0.6) is 5.75 Å². The summed E-state index contributed by atoms with van der Waals surface area (Å²) in [7, 11) is 0. The number of hydrogen-bond acceptors (Lipinski definition) is 2. The fraction of sp³-hybridized carbons (Fsp3) is 0.235. The van der Waals surface area contributed by atoms with Crippen LogP contribution in [0.1, 0.15) is 33.5 Å². The minimum absolute atomic E-state index is 0.155. The van der Waals surface area contributed by atoms with Gasteiger partial charge in [0.2, 0.25) is 0 Å². The van der Waals surface area contributed by atoms with Crippen LogP contribution in [-0.2, 0) is 6.42 Å². The van der Waals surface area contributed by atoms with E-state index in [1.54, 1.807) is 25.1 Å². The lowest BCUT2D eigenvalue weighted by Gasteiger charge is -2.17. The number of carbonyl (C=O) groups is 1. The van der Waals surface area contributed by atoms with Crippen molar-refractivity contribution in [3.63, 3.8) is 0 Å². The largest absolute Gasteiger partial charge is 0.493 e. The van der Waals surface area contributed by atoms with E-state index >= 15 is 0 Å². The Morgan fingerprint density at radius 2 is 1.90 bits per heavy atom. The van der Waals surface area contributed by atoms with Gasteiger partial charge in [-0.2, -0.15) is 0 Å². The van der Waals surface area contributed by atoms with E-state index < -0.39 is 0 Å². The lowest BCUT2D eigenvalue weighted by atomic mass is 9.97. The molecule has 0 spiro atoms. The number of fused-ring (bicyclic) bond motifs is 1. The van der Waals surface area contributed by atoms with E-state index in [0.717, 1.165) is 30.8 Å². The van der Waals surface area contributed by atoms with Crippen molar-refractivity contribution in [1.82, 2.24) is 0 Å². The third-order valence-corrected chi connectivity index (χ3v) is 3.60. The molecule has 0 unspecified atom stereocenters. The van der Waals surface area contributed by atoms with Gasteiger partial charge >= 0.3 is 0 Å². The van der Waals surface area contributed by atoms with Crippen molar-refractivity contribution >= 4 is 5.78 Å². The fourth-order valence-corrected chi connectivity index (χ4v) is 2.40. The highest BCUT2D eigenvalue weighted by atomic mass is 19.1. The third-order valence-electron chi connectivity index (χ3n) is 3.60. The predicted molar refractivity (Wildman–Crippen MR) is 74.8 cm³/mol. The Morgan fingerprint density at radius 1 is 1.15 bits per heavy atom. The molecule has 0 atom stereocenters. The van der Waals surface area contributed by atoms with Crippen LogP contribution in [0.15, 0.2) is 36.4 Å². The summed E-state index contributed by atoms with van der Waals surface area (Å²) in [6.45, 7) is 2.41. The van der Waals surface area contributed by atoms with Gasteiger partial charge in [-0.3, -0.25) is 4.79 Å². The maximum absolute atomic E-state index is 13.6. The van der Waals surface area contributed by atoms with Crippen LogP contribution in [0.4, 0.5) is 4.39 Å². The molecule has 0 fully saturated rings. The minimum atomic E-state index is -0.350. The van der Waals surface area contributed by atoms with Crippen molar-refractivity contribution in [3.05, 3.63) is 64.5 Å². The molecule has 102 valence electrons. The highest BCUT2D eigenvalue weighted by Crippen LogP contribution is 2.26. The van der Waals surface area contributed by atoms with E-state index in [1.165, 1.54) is 6.07 Å². The first kappa shape index (κ1) is 12.9. The molecule has 0 saturated heterocycles. The zero-order valence-electron chi connectivity index (χ0n) is 11.3. The van der Waals surface area contributed by atoms with Gasteiger partial charge in [0.05, 0.1) is 6.61 Å². The maximum Gasteiger partial charge on any atom is 0.193 e. The second kappa shape index (κ2) is 5.08. The summed E-state index contributed by atoms with van der Waals surface area (Å²) in [6.07, 6.45) is 1.88. The lowest BCUT2D eigenvalue weighted by Crippen LogP contribution is -2.10. The molecule has 1 aliphatic heterocycles. The Hall–Kier alpha value is -2.16. The highest BCUT2D eigenvalue weighted by molar-refractivity contribution is 6.09. The van der Waals surface area contributed by atoms with Crippen LogP contribution >= 0.6 is 0 Å². The summed E-state index contributed by atoms with van der Waals surface area (Å²) >= 11 is 0. The molecule has 0 N–H and O–H groups in total. The number of benzene rings is 2. The Labute approximate surface area is 117 Å². The van der Waals surface area contributed by atoms with Gasteiger partial charge in [-0.15, -0.1) is 0 Å². The first-order valence-corrected chi connectivity index (χ1v) is 6.72. The van der Waals surface area contributed by atoms with E-state index in [1.807, 2.05) is 12.1 Å². The molecule has 2 aromatic carbocycles. The SMILES string of the molecule is Cc1ccc(C(=O)c2ccc3c(c2)CCCO3)cc1F. The number of carbonyl (C=O) groups excluding carboxylic acids is 1. The van der Waals surface area contributed by atoms with E-state index in [-0.39, 0.29) is 11.6 Å². The van der Waals surface area contributed by atoms with Crippen LogP contribution in [0, 0.1) is 12.7 Å². The van der Waals surface area contributed by atoms with Crippen molar-refractivity contribution in [2.75, 3.05) is 6.61 Å². The molecule has 0 radical (unpaired) electrons. The van der Waals surface area contributed by atoms with Crippen molar-refractivity contribution in [3.8, 4) is 5.75 Å². The summed E-state index contributed by atoms with van der Waals surface area (Å²) in [5.74, 6) is 0.345. The van der Waals surface area contributed by atoms with Crippen LogP contribution < -0.4 is 4.74 Å². The summed E-state index contributed by atoms with van der Waals surface area (Å²) < 4.78 is 19.1. The first-order valence-electron chi connectivity index (χ1n) is 6.72. The average molecular weight is 270 g/mol. The Morgan fingerprint density at radius 3 is 2.70 bits per heavy atom. The average Bonchev–Trinajstić information content (AvgIpc) is 2.49. The molecule has 0 bridgehead atoms. The van der Waals surface area contributed by atoms with E-state index in [9.17, 15) is 9.18 Å². The molecule has 0 saturated carbocycles. The standard InChI is InChI=1S/C17H15FO2/c1-11-4-5-14(10-15(11)18)17(19)13-6-7-16-12(9-13)3-2-8-20-16/h4-7,9-10H,2-3,8H2,1H3. The number of rotatable bonds is 2. The molecule has 0 aliphatic carbocycles. The number of aryl methyl sites for hydroxylation is 2. The molecule has 0 amide bonds. The quantitative estimate of drug-likeness (QED) is 0.778. The molecule has 0 aromatic heterocycles. The van der Waals surface area contributed by atoms with E-state index in [4.69, 9.17) is 4.74 Å². The van der Waals surface area contributed by atoms with Crippen LogP contribution in [-0.4, -0.2) is 12.4 Å².